The van der Waals surface area contributed by atoms with Gasteiger partial charge in [0.25, 0.3) is 0 Å². The molecule has 1 aromatic heterocycles. The highest BCUT2D eigenvalue weighted by Crippen LogP contribution is 2.13. The van der Waals surface area contributed by atoms with Crippen LogP contribution in [0.3, 0.4) is 0 Å². The lowest BCUT2D eigenvalue weighted by Crippen LogP contribution is -2.38. The number of aromatic nitrogens is 1. The minimum absolute atomic E-state index is 0.190. The number of nitrogens with one attached hydrogen (secondary N) is 2. The van der Waals surface area contributed by atoms with Crippen LogP contribution in [0.25, 0.3) is 0 Å². The zero-order chi connectivity index (χ0) is 18.2. The molecule has 2 aromatic rings. The zero-order valence-electron chi connectivity index (χ0n) is 15.4. The van der Waals surface area contributed by atoms with E-state index in [1.54, 1.807) is 13.1 Å². The Bertz CT molecular complexity index is 705. The quantitative estimate of drug-likeness (QED) is 0.459. The minimum atomic E-state index is -0.190. The average Bonchev–Trinajstić information content (AvgIpc) is 2.90. The summed E-state index contributed by atoms with van der Waals surface area (Å²) in [6.07, 6.45) is 2.73. The molecule has 136 valence electrons. The van der Waals surface area contributed by atoms with Gasteiger partial charge in [-0.1, -0.05) is 11.2 Å². The van der Waals surface area contributed by atoms with Crippen molar-refractivity contribution >= 4 is 5.96 Å². The average molecular weight is 346 g/mol. The molecule has 2 rings (SSSR count). The summed E-state index contributed by atoms with van der Waals surface area (Å²) >= 11 is 0. The Morgan fingerprint density at radius 3 is 2.56 bits per heavy atom. The molecule has 0 amide bonds. The van der Waals surface area contributed by atoms with Crippen molar-refractivity contribution in [1.29, 1.82) is 0 Å². The fraction of sp³-hybridized carbons (Fsp3) is 0.474. The second-order valence-corrected chi connectivity index (χ2v) is 6.15. The standard InChI is InChI=1S/C19H27FN4O/c1-13-12-17(20)8-7-16(13)9-11-23-19(21-4)22-10-5-6-18-14(2)24-25-15(18)3/h7-8,12H,5-6,9-11H2,1-4H3,(H2,21,22,23). The Morgan fingerprint density at radius 1 is 1.16 bits per heavy atom. The highest BCUT2D eigenvalue weighted by Gasteiger charge is 2.08. The lowest BCUT2D eigenvalue weighted by Gasteiger charge is -2.12. The number of benzene rings is 1. The maximum atomic E-state index is 13.1. The van der Waals surface area contributed by atoms with Crippen molar-refractivity contribution in [2.45, 2.75) is 40.0 Å². The van der Waals surface area contributed by atoms with Crippen LogP contribution in [0.5, 0.6) is 0 Å². The molecule has 0 unspecified atom stereocenters. The first kappa shape index (κ1) is 19.0. The fourth-order valence-corrected chi connectivity index (χ4v) is 2.81. The van der Waals surface area contributed by atoms with Crippen LogP contribution in [0.4, 0.5) is 4.39 Å². The number of aryl methyl sites for hydroxylation is 3. The van der Waals surface area contributed by atoms with E-state index in [0.717, 1.165) is 60.9 Å². The summed E-state index contributed by atoms with van der Waals surface area (Å²) in [7, 11) is 1.76. The van der Waals surface area contributed by atoms with Gasteiger partial charge >= 0.3 is 0 Å². The van der Waals surface area contributed by atoms with Gasteiger partial charge in [-0.05, 0) is 63.3 Å². The molecule has 0 saturated carbocycles. The first-order valence-corrected chi connectivity index (χ1v) is 8.62. The predicted molar refractivity (Wildman–Crippen MR) is 98.5 cm³/mol. The molecule has 2 N–H and O–H groups in total. The second kappa shape index (κ2) is 9.20. The maximum absolute atomic E-state index is 13.1. The summed E-state index contributed by atoms with van der Waals surface area (Å²) in [5, 5.41) is 10.6. The highest BCUT2D eigenvalue weighted by molar-refractivity contribution is 5.79. The van der Waals surface area contributed by atoms with Crippen LogP contribution in [-0.4, -0.2) is 31.3 Å². The van der Waals surface area contributed by atoms with Gasteiger partial charge in [0.15, 0.2) is 5.96 Å². The molecule has 6 heteroatoms. The maximum Gasteiger partial charge on any atom is 0.190 e. The van der Waals surface area contributed by atoms with E-state index < -0.39 is 0 Å². The van der Waals surface area contributed by atoms with Crippen LogP contribution in [0.15, 0.2) is 27.7 Å². The summed E-state index contributed by atoms with van der Waals surface area (Å²) in [6, 6.07) is 4.91. The van der Waals surface area contributed by atoms with Crippen LogP contribution < -0.4 is 10.6 Å². The van der Waals surface area contributed by atoms with E-state index in [9.17, 15) is 4.39 Å². The van der Waals surface area contributed by atoms with Gasteiger partial charge in [-0.25, -0.2) is 4.39 Å². The number of hydrogen-bond donors (Lipinski definition) is 2. The number of rotatable bonds is 7. The first-order chi connectivity index (χ1) is 12.0. The van der Waals surface area contributed by atoms with Crippen molar-refractivity contribution in [2.75, 3.05) is 20.1 Å². The van der Waals surface area contributed by atoms with Gasteiger partial charge < -0.3 is 15.2 Å². The van der Waals surface area contributed by atoms with E-state index in [4.69, 9.17) is 4.52 Å². The van der Waals surface area contributed by atoms with Gasteiger partial charge in [-0.15, -0.1) is 0 Å². The van der Waals surface area contributed by atoms with E-state index in [1.165, 1.54) is 11.6 Å². The van der Waals surface area contributed by atoms with Gasteiger partial charge in [0.2, 0.25) is 0 Å². The Labute approximate surface area is 148 Å². The molecule has 1 aromatic carbocycles. The summed E-state index contributed by atoms with van der Waals surface area (Å²) in [6.45, 7) is 7.41. The number of hydrogen-bond acceptors (Lipinski definition) is 3. The van der Waals surface area contributed by atoms with E-state index >= 15 is 0 Å². The first-order valence-electron chi connectivity index (χ1n) is 8.62. The molecule has 0 aliphatic carbocycles. The monoisotopic (exact) mass is 346 g/mol. The predicted octanol–water partition coefficient (Wildman–Crippen LogP) is 3.08. The molecular weight excluding hydrogens is 319 g/mol. The molecule has 0 atom stereocenters. The van der Waals surface area contributed by atoms with Gasteiger partial charge in [0.05, 0.1) is 5.69 Å². The Balaban J connectivity index is 1.70. The summed E-state index contributed by atoms with van der Waals surface area (Å²) in [5.74, 6) is 1.48. The van der Waals surface area contributed by atoms with Crippen LogP contribution in [-0.2, 0) is 12.8 Å². The highest BCUT2D eigenvalue weighted by atomic mass is 19.1. The van der Waals surface area contributed by atoms with Crippen LogP contribution in [0, 0.1) is 26.6 Å². The topological polar surface area (TPSA) is 62.5 Å². The molecule has 0 bridgehead atoms. The Kier molecular flexibility index (Phi) is 6.98. The van der Waals surface area contributed by atoms with E-state index in [2.05, 4.69) is 20.8 Å². The van der Waals surface area contributed by atoms with Gasteiger partial charge in [-0.3, -0.25) is 4.99 Å². The summed E-state index contributed by atoms with van der Waals surface area (Å²) < 4.78 is 18.3. The SMILES string of the molecule is CN=C(NCCCc1c(C)noc1C)NCCc1ccc(F)cc1C. The number of nitrogens with zero attached hydrogens (tertiary/aromatic N) is 2. The molecule has 25 heavy (non-hydrogen) atoms. The largest absolute Gasteiger partial charge is 0.361 e. The molecule has 0 aliphatic heterocycles. The third kappa shape index (κ3) is 5.59. The Hall–Kier alpha value is -2.37. The van der Waals surface area contributed by atoms with Crippen LogP contribution >= 0.6 is 0 Å². The molecule has 0 saturated heterocycles. The van der Waals surface area contributed by atoms with Gasteiger partial charge in [0.1, 0.15) is 11.6 Å². The van der Waals surface area contributed by atoms with Gasteiger partial charge in [0, 0.05) is 25.7 Å². The van der Waals surface area contributed by atoms with E-state index in [1.807, 2.05) is 26.8 Å². The van der Waals surface area contributed by atoms with Crippen molar-refractivity contribution in [1.82, 2.24) is 15.8 Å². The fourth-order valence-electron chi connectivity index (χ4n) is 2.81. The van der Waals surface area contributed by atoms with E-state index in [0.29, 0.717) is 0 Å². The molecule has 0 fully saturated rings. The van der Waals surface area contributed by atoms with Crippen LogP contribution in [0.2, 0.25) is 0 Å². The van der Waals surface area contributed by atoms with Crippen molar-refractivity contribution in [3.8, 4) is 0 Å². The molecular formula is C19H27FN4O. The molecule has 0 spiro atoms. The second-order valence-electron chi connectivity index (χ2n) is 6.15. The normalized spacial score (nSPS) is 11.6. The summed E-state index contributed by atoms with van der Waals surface area (Å²) in [5.41, 5.74) is 4.28. The summed E-state index contributed by atoms with van der Waals surface area (Å²) in [4.78, 5) is 4.23. The van der Waals surface area contributed by atoms with Crippen LogP contribution in [0.1, 0.15) is 34.6 Å². The third-order valence-electron chi connectivity index (χ3n) is 4.29. The number of guanidine groups is 1. The molecule has 0 radical (unpaired) electrons. The zero-order valence-corrected chi connectivity index (χ0v) is 15.4. The van der Waals surface area contributed by atoms with Crippen molar-refractivity contribution < 1.29 is 8.91 Å². The number of aliphatic imine (C=N–C) groups is 1. The molecule has 0 aliphatic rings. The molecule has 5 nitrogen and oxygen atoms in total. The number of halogens is 1. The molecule has 1 heterocycles. The van der Waals surface area contributed by atoms with Crippen molar-refractivity contribution in [3.05, 3.63) is 52.2 Å². The van der Waals surface area contributed by atoms with Crippen molar-refractivity contribution in [2.24, 2.45) is 4.99 Å². The van der Waals surface area contributed by atoms with E-state index in [-0.39, 0.29) is 5.82 Å². The lowest BCUT2D eigenvalue weighted by atomic mass is 10.1. The van der Waals surface area contributed by atoms with Crippen molar-refractivity contribution in [3.63, 3.8) is 0 Å². The lowest BCUT2D eigenvalue weighted by molar-refractivity contribution is 0.392. The minimum Gasteiger partial charge on any atom is -0.361 e. The smallest absolute Gasteiger partial charge is 0.190 e. The Morgan fingerprint density at radius 2 is 1.92 bits per heavy atom. The third-order valence-corrected chi connectivity index (χ3v) is 4.29. The van der Waals surface area contributed by atoms with Gasteiger partial charge in [-0.2, -0.15) is 0 Å².